The van der Waals surface area contributed by atoms with Crippen molar-refractivity contribution in [2.75, 3.05) is 0 Å². The van der Waals surface area contributed by atoms with Gasteiger partial charge in [-0.1, -0.05) is 65.0 Å². The molecule has 0 radical (unpaired) electrons. The zero-order valence-corrected chi connectivity index (χ0v) is 24.1. The monoisotopic (exact) mass is 519 g/mol. The topological polar surface area (TPSA) is 12.9 Å². The molecule has 186 valence electrons. The summed E-state index contributed by atoms with van der Waals surface area (Å²) < 4.78 is 1.39. The van der Waals surface area contributed by atoms with E-state index >= 15 is 0 Å². The van der Waals surface area contributed by atoms with Crippen molar-refractivity contribution >= 4 is 53.7 Å². The molecule has 0 N–H and O–H groups in total. The van der Waals surface area contributed by atoms with Crippen molar-refractivity contribution in [3.05, 3.63) is 88.1 Å². The maximum absolute atomic E-state index is 5.17. The predicted molar refractivity (Wildman–Crippen MR) is 165 cm³/mol. The smallest absolute Gasteiger partial charge is 0.124 e. The highest BCUT2D eigenvalue weighted by Gasteiger charge is 2.20. The van der Waals surface area contributed by atoms with E-state index in [4.69, 9.17) is 4.98 Å². The minimum absolute atomic E-state index is 0.0418. The van der Waals surface area contributed by atoms with E-state index in [-0.39, 0.29) is 5.41 Å². The van der Waals surface area contributed by atoms with Gasteiger partial charge in [0.2, 0.25) is 0 Å². The molecule has 6 aromatic rings. The van der Waals surface area contributed by atoms with Gasteiger partial charge >= 0.3 is 0 Å². The summed E-state index contributed by atoms with van der Waals surface area (Å²) in [7, 11) is 0. The van der Waals surface area contributed by atoms with Crippen molar-refractivity contribution < 1.29 is 0 Å². The first-order chi connectivity index (χ1) is 17.7. The summed E-state index contributed by atoms with van der Waals surface area (Å²) in [6, 6.07) is 25.0. The van der Waals surface area contributed by atoms with Crippen LogP contribution < -0.4 is 0 Å². The van der Waals surface area contributed by atoms with Crippen LogP contribution in [0.15, 0.2) is 72.1 Å². The number of rotatable bonds is 4. The normalized spacial score (nSPS) is 12.4. The molecule has 0 spiro atoms. The lowest BCUT2D eigenvalue weighted by molar-refractivity contribution is 0.596. The number of nitrogens with zero attached hydrogens (tertiary/aromatic N) is 1. The lowest BCUT2D eigenvalue weighted by Crippen LogP contribution is -2.12. The van der Waals surface area contributed by atoms with Crippen LogP contribution in [-0.4, -0.2) is 4.98 Å². The standard InChI is InChI=1S/C34H33NS2/c1-20(2)15-27-21(3)37-32-12-11-23(17-29(27)32)28-19-31(35-33-26(28)13-14-36-33)24-16-22-9-7-8-10-25(22)30(18-24)34(4,5)6/h7-14,16-20H,15H2,1-6H3. The highest BCUT2D eigenvalue weighted by molar-refractivity contribution is 7.19. The Balaban J connectivity index is 1.58. The number of benzene rings is 3. The Kier molecular flexibility index (Phi) is 5.97. The van der Waals surface area contributed by atoms with E-state index in [2.05, 4.69) is 114 Å². The Hall–Kier alpha value is -3.01. The van der Waals surface area contributed by atoms with E-state index in [9.17, 15) is 0 Å². The first kappa shape index (κ1) is 24.3. The van der Waals surface area contributed by atoms with Crippen LogP contribution in [0.25, 0.3) is 53.5 Å². The van der Waals surface area contributed by atoms with Crippen molar-refractivity contribution in [2.24, 2.45) is 5.92 Å². The molecule has 0 fully saturated rings. The Morgan fingerprint density at radius 2 is 1.65 bits per heavy atom. The van der Waals surface area contributed by atoms with Crippen molar-refractivity contribution in [1.29, 1.82) is 0 Å². The molecule has 3 heteroatoms. The molecule has 3 aromatic heterocycles. The molecular formula is C34H33NS2. The second-order valence-electron chi connectivity index (χ2n) is 11.6. The van der Waals surface area contributed by atoms with Crippen molar-refractivity contribution in [3.63, 3.8) is 0 Å². The molecule has 0 aliphatic rings. The molecule has 37 heavy (non-hydrogen) atoms. The molecule has 0 saturated carbocycles. The van der Waals surface area contributed by atoms with Gasteiger partial charge in [-0.05, 0) is 105 Å². The molecule has 0 aliphatic carbocycles. The van der Waals surface area contributed by atoms with Crippen LogP contribution in [0, 0.1) is 12.8 Å². The zero-order chi connectivity index (χ0) is 25.9. The second kappa shape index (κ2) is 9.08. The summed E-state index contributed by atoms with van der Waals surface area (Å²) >= 11 is 3.65. The van der Waals surface area contributed by atoms with Gasteiger partial charge in [0, 0.05) is 20.5 Å². The summed E-state index contributed by atoms with van der Waals surface area (Å²) in [6.45, 7) is 13.8. The Bertz CT molecular complexity index is 1780. The molecular weight excluding hydrogens is 487 g/mol. The van der Waals surface area contributed by atoms with Crippen LogP contribution in [0.5, 0.6) is 0 Å². The van der Waals surface area contributed by atoms with Gasteiger partial charge < -0.3 is 0 Å². The average molecular weight is 520 g/mol. The fourth-order valence-corrected chi connectivity index (χ4v) is 7.38. The summed E-state index contributed by atoms with van der Waals surface area (Å²) in [5.74, 6) is 0.640. The Morgan fingerprint density at radius 1 is 0.838 bits per heavy atom. The van der Waals surface area contributed by atoms with Crippen LogP contribution in [0.3, 0.4) is 0 Å². The number of pyridine rings is 1. The van der Waals surface area contributed by atoms with Crippen molar-refractivity contribution in [2.45, 2.75) is 53.4 Å². The maximum atomic E-state index is 5.17. The third-order valence-electron chi connectivity index (χ3n) is 7.32. The molecule has 6 rings (SSSR count). The van der Waals surface area contributed by atoms with E-state index in [1.807, 2.05) is 11.3 Å². The van der Waals surface area contributed by atoms with Gasteiger partial charge in [0.25, 0.3) is 0 Å². The van der Waals surface area contributed by atoms with Crippen LogP contribution >= 0.6 is 22.7 Å². The molecule has 1 nitrogen and oxygen atoms in total. The first-order valence-electron chi connectivity index (χ1n) is 13.1. The van der Waals surface area contributed by atoms with Gasteiger partial charge in [0.05, 0.1) is 5.69 Å². The minimum Gasteiger partial charge on any atom is -0.237 e. The SMILES string of the molecule is Cc1sc2ccc(-c3cc(-c4cc(C(C)(C)C)c5ccccc5c4)nc4sccc34)cc2c1CC(C)C. The van der Waals surface area contributed by atoms with E-state index in [1.165, 1.54) is 58.9 Å². The second-order valence-corrected chi connectivity index (χ2v) is 13.8. The third-order valence-corrected chi connectivity index (χ3v) is 9.25. The summed E-state index contributed by atoms with van der Waals surface area (Å²) in [6.07, 6.45) is 1.12. The molecule has 0 bridgehead atoms. The number of hydrogen-bond acceptors (Lipinski definition) is 3. The van der Waals surface area contributed by atoms with Gasteiger partial charge in [-0.3, -0.25) is 0 Å². The highest BCUT2D eigenvalue weighted by atomic mass is 32.1. The molecule has 0 amide bonds. The van der Waals surface area contributed by atoms with Gasteiger partial charge in [0.1, 0.15) is 4.83 Å². The van der Waals surface area contributed by atoms with Crippen LogP contribution in [0.2, 0.25) is 0 Å². The number of fused-ring (bicyclic) bond motifs is 3. The summed E-state index contributed by atoms with van der Waals surface area (Å²) in [5, 5.41) is 7.42. The first-order valence-corrected chi connectivity index (χ1v) is 14.8. The van der Waals surface area contributed by atoms with E-state index in [0.29, 0.717) is 5.92 Å². The summed E-state index contributed by atoms with van der Waals surface area (Å²) in [5.41, 5.74) is 7.70. The lowest BCUT2D eigenvalue weighted by atomic mass is 9.82. The minimum atomic E-state index is 0.0418. The van der Waals surface area contributed by atoms with Gasteiger partial charge in [0.15, 0.2) is 0 Å². The van der Waals surface area contributed by atoms with Gasteiger partial charge in [-0.15, -0.1) is 22.7 Å². The maximum Gasteiger partial charge on any atom is 0.124 e. The Morgan fingerprint density at radius 3 is 2.43 bits per heavy atom. The van der Waals surface area contributed by atoms with Crippen LogP contribution in [-0.2, 0) is 11.8 Å². The van der Waals surface area contributed by atoms with E-state index in [0.717, 1.165) is 16.9 Å². The average Bonchev–Trinajstić information content (AvgIpc) is 3.46. The van der Waals surface area contributed by atoms with Gasteiger partial charge in [-0.2, -0.15) is 0 Å². The number of thiophene rings is 2. The Labute approximate surface area is 227 Å². The molecule has 0 unspecified atom stereocenters. The third kappa shape index (κ3) is 4.39. The quantitative estimate of drug-likeness (QED) is 0.226. The molecule has 0 saturated heterocycles. The van der Waals surface area contributed by atoms with E-state index in [1.54, 1.807) is 11.3 Å². The number of aryl methyl sites for hydroxylation is 1. The lowest BCUT2D eigenvalue weighted by Gasteiger charge is -2.23. The zero-order valence-electron chi connectivity index (χ0n) is 22.5. The van der Waals surface area contributed by atoms with Crippen molar-refractivity contribution in [3.8, 4) is 22.4 Å². The van der Waals surface area contributed by atoms with Crippen LogP contribution in [0.4, 0.5) is 0 Å². The fourth-order valence-electron chi connectivity index (χ4n) is 5.52. The largest absolute Gasteiger partial charge is 0.237 e. The number of aromatic nitrogens is 1. The molecule has 3 aromatic carbocycles. The summed E-state index contributed by atoms with van der Waals surface area (Å²) in [4.78, 5) is 7.71. The van der Waals surface area contributed by atoms with Gasteiger partial charge in [-0.25, -0.2) is 4.98 Å². The predicted octanol–water partition coefficient (Wildman–Crippen LogP) is 10.8. The van der Waals surface area contributed by atoms with Crippen LogP contribution in [0.1, 0.15) is 50.6 Å². The van der Waals surface area contributed by atoms with E-state index < -0.39 is 0 Å². The van der Waals surface area contributed by atoms with Crippen molar-refractivity contribution in [1.82, 2.24) is 4.98 Å². The highest BCUT2D eigenvalue weighted by Crippen LogP contribution is 2.40. The molecule has 3 heterocycles. The fraction of sp³-hybridized carbons (Fsp3) is 0.265. The molecule has 0 aliphatic heterocycles. The number of hydrogen-bond donors (Lipinski definition) is 0. The molecule has 0 atom stereocenters.